The summed E-state index contributed by atoms with van der Waals surface area (Å²) in [6, 6.07) is 4.58. The second kappa shape index (κ2) is 5.36. The molecule has 0 aliphatic heterocycles. The highest BCUT2D eigenvalue weighted by Crippen LogP contribution is 2.34. The number of halogens is 2. The van der Waals surface area contributed by atoms with Gasteiger partial charge in [0.1, 0.15) is 5.82 Å². The predicted molar refractivity (Wildman–Crippen MR) is 69.6 cm³/mol. The first-order chi connectivity index (χ1) is 8.08. The Morgan fingerprint density at radius 1 is 1.47 bits per heavy atom. The van der Waals surface area contributed by atoms with Crippen LogP contribution < -0.4 is 5.73 Å². The molecule has 17 heavy (non-hydrogen) atoms. The summed E-state index contributed by atoms with van der Waals surface area (Å²) in [5, 5.41) is 0.618. The quantitative estimate of drug-likeness (QED) is 0.874. The highest BCUT2D eigenvalue weighted by molar-refractivity contribution is 6.31. The molecule has 3 heteroatoms. The summed E-state index contributed by atoms with van der Waals surface area (Å²) in [6.07, 6.45) is 4.38. The lowest BCUT2D eigenvalue weighted by Gasteiger charge is -2.23. The Labute approximate surface area is 107 Å². The van der Waals surface area contributed by atoms with E-state index in [0.717, 1.165) is 5.56 Å². The maximum atomic E-state index is 13.2. The van der Waals surface area contributed by atoms with Gasteiger partial charge in [-0.25, -0.2) is 4.39 Å². The monoisotopic (exact) mass is 255 g/mol. The molecule has 0 radical (unpaired) electrons. The fourth-order valence-corrected chi connectivity index (χ4v) is 3.11. The van der Waals surface area contributed by atoms with Crippen LogP contribution in [0.15, 0.2) is 18.2 Å². The number of rotatable bonds is 3. The van der Waals surface area contributed by atoms with E-state index < -0.39 is 0 Å². The molecule has 3 atom stereocenters. The van der Waals surface area contributed by atoms with Crippen LogP contribution in [0.5, 0.6) is 0 Å². The number of benzene rings is 1. The molecule has 1 saturated carbocycles. The number of nitrogens with two attached hydrogens (primary N) is 1. The smallest absolute Gasteiger partial charge is 0.123 e. The van der Waals surface area contributed by atoms with Gasteiger partial charge in [-0.1, -0.05) is 31.4 Å². The van der Waals surface area contributed by atoms with Crippen molar-refractivity contribution in [3.8, 4) is 0 Å². The molecular formula is C14H19ClFN. The molecule has 2 N–H and O–H groups in total. The molecule has 94 valence electrons. The van der Waals surface area contributed by atoms with Crippen molar-refractivity contribution < 1.29 is 4.39 Å². The Bertz CT molecular complexity index is 394. The van der Waals surface area contributed by atoms with Gasteiger partial charge in [-0.2, -0.15) is 0 Å². The summed E-state index contributed by atoms with van der Waals surface area (Å²) in [7, 11) is 0. The second-order valence-corrected chi connectivity index (χ2v) is 5.58. The van der Waals surface area contributed by atoms with E-state index in [1.807, 2.05) is 0 Å². The van der Waals surface area contributed by atoms with Gasteiger partial charge < -0.3 is 5.73 Å². The summed E-state index contributed by atoms with van der Waals surface area (Å²) in [5.41, 5.74) is 7.07. The van der Waals surface area contributed by atoms with Crippen molar-refractivity contribution in [2.75, 3.05) is 0 Å². The van der Waals surface area contributed by atoms with Gasteiger partial charge in [0.2, 0.25) is 0 Å². The zero-order valence-corrected chi connectivity index (χ0v) is 10.9. The maximum Gasteiger partial charge on any atom is 0.123 e. The molecule has 0 bridgehead atoms. The van der Waals surface area contributed by atoms with Crippen LogP contribution in [0, 0.1) is 17.7 Å². The largest absolute Gasteiger partial charge is 0.327 e. The Morgan fingerprint density at radius 3 is 2.88 bits per heavy atom. The Balaban J connectivity index is 2.07. The van der Waals surface area contributed by atoms with Crippen LogP contribution in [0.4, 0.5) is 4.39 Å². The van der Waals surface area contributed by atoms with Crippen LogP contribution in [0.1, 0.15) is 31.7 Å². The third-order valence-corrected chi connectivity index (χ3v) is 4.31. The lowest BCUT2D eigenvalue weighted by molar-refractivity contribution is 0.343. The van der Waals surface area contributed by atoms with E-state index >= 15 is 0 Å². The van der Waals surface area contributed by atoms with Crippen molar-refractivity contribution in [2.24, 2.45) is 17.6 Å². The van der Waals surface area contributed by atoms with E-state index in [1.165, 1.54) is 31.4 Å². The first kappa shape index (κ1) is 12.8. The molecule has 1 aliphatic carbocycles. The Hall–Kier alpha value is -0.600. The third-order valence-electron chi connectivity index (χ3n) is 3.94. The first-order valence-electron chi connectivity index (χ1n) is 6.27. The number of hydrogen-bond acceptors (Lipinski definition) is 1. The second-order valence-electron chi connectivity index (χ2n) is 5.18. The van der Waals surface area contributed by atoms with Crippen LogP contribution in [-0.4, -0.2) is 6.04 Å². The van der Waals surface area contributed by atoms with Gasteiger partial charge in [0.05, 0.1) is 0 Å². The highest BCUT2D eigenvalue weighted by Gasteiger charge is 2.29. The fraction of sp³-hybridized carbons (Fsp3) is 0.571. The van der Waals surface area contributed by atoms with E-state index in [9.17, 15) is 4.39 Å². The maximum absolute atomic E-state index is 13.2. The summed E-state index contributed by atoms with van der Waals surface area (Å²) >= 11 is 6.06. The van der Waals surface area contributed by atoms with Gasteiger partial charge in [0, 0.05) is 11.1 Å². The first-order valence-corrected chi connectivity index (χ1v) is 6.65. The minimum atomic E-state index is -0.240. The van der Waals surface area contributed by atoms with Crippen LogP contribution in [-0.2, 0) is 6.42 Å². The Kier molecular flexibility index (Phi) is 4.05. The van der Waals surface area contributed by atoms with Gasteiger partial charge >= 0.3 is 0 Å². The molecule has 3 unspecified atom stereocenters. The van der Waals surface area contributed by atoms with Crippen molar-refractivity contribution in [2.45, 2.75) is 38.6 Å². The zero-order valence-electron chi connectivity index (χ0n) is 10.1. The van der Waals surface area contributed by atoms with Gasteiger partial charge in [-0.3, -0.25) is 0 Å². The van der Waals surface area contributed by atoms with Crippen molar-refractivity contribution in [1.82, 2.24) is 0 Å². The van der Waals surface area contributed by atoms with Crippen LogP contribution in [0.2, 0.25) is 5.02 Å². The van der Waals surface area contributed by atoms with E-state index in [-0.39, 0.29) is 11.9 Å². The minimum Gasteiger partial charge on any atom is -0.327 e. The van der Waals surface area contributed by atoms with Gasteiger partial charge in [-0.05, 0) is 48.4 Å². The van der Waals surface area contributed by atoms with Crippen molar-refractivity contribution >= 4 is 11.6 Å². The lowest BCUT2D eigenvalue weighted by Crippen LogP contribution is -2.33. The molecule has 0 amide bonds. The van der Waals surface area contributed by atoms with Gasteiger partial charge in [-0.15, -0.1) is 0 Å². The molecule has 1 aromatic rings. The van der Waals surface area contributed by atoms with Crippen LogP contribution >= 0.6 is 11.6 Å². The average Bonchev–Trinajstić information content (AvgIpc) is 2.70. The van der Waals surface area contributed by atoms with Crippen molar-refractivity contribution in [3.05, 3.63) is 34.6 Å². The van der Waals surface area contributed by atoms with Gasteiger partial charge in [0.25, 0.3) is 0 Å². The molecular weight excluding hydrogens is 237 g/mol. The summed E-state index contributed by atoms with van der Waals surface area (Å²) in [6.45, 7) is 2.25. The molecule has 0 heterocycles. The topological polar surface area (TPSA) is 26.0 Å². The zero-order chi connectivity index (χ0) is 12.4. The third kappa shape index (κ3) is 2.99. The molecule has 0 spiro atoms. The molecule has 1 aliphatic rings. The normalized spacial score (nSPS) is 26.1. The summed E-state index contributed by atoms with van der Waals surface area (Å²) in [4.78, 5) is 0. The van der Waals surface area contributed by atoms with Crippen LogP contribution in [0.25, 0.3) is 0 Å². The molecule has 0 aromatic heterocycles. The van der Waals surface area contributed by atoms with Crippen LogP contribution in [0.3, 0.4) is 0 Å². The Morgan fingerprint density at radius 2 is 2.24 bits per heavy atom. The molecule has 1 aromatic carbocycles. The fourth-order valence-electron chi connectivity index (χ4n) is 2.92. The summed E-state index contributed by atoms with van der Waals surface area (Å²) < 4.78 is 13.2. The average molecular weight is 256 g/mol. The predicted octanol–water partition coefficient (Wildman–Crippen LogP) is 3.79. The van der Waals surface area contributed by atoms with Crippen molar-refractivity contribution in [1.29, 1.82) is 0 Å². The van der Waals surface area contributed by atoms with E-state index in [2.05, 4.69) is 6.92 Å². The minimum absolute atomic E-state index is 0.0896. The molecule has 1 nitrogen and oxygen atoms in total. The number of hydrogen-bond donors (Lipinski definition) is 1. The summed E-state index contributed by atoms with van der Waals surface area (Å²) in [5.74, 6) is 0.989. The lowest BCUT2D eigenvalue weighted by atomic mass is 9.87. The van der Waals surface area contributed by atoms with E-state index in [1.54, 1.807) is 6.07 Å². The van der Waals surface area contributed by atoms with Gasteiger partial charge in [0.15, 0.2) is 0 Å². The van der Waals surface area contributed by atoms with E-state index in [0.29, 0.717) is 23.3 Å². The van der Waals surface area contributed by atoms with E-state index in [4.69, 9.17) is 17.3 Å². The SMILES string of the molecule is CC1CCCC1C(N)Cc1cc(F)ccc1Cl. The standard InChI is InChI=1S/C14H19ClFN/c1-9-3-2-4-12(9)14(17)8-10-7-11(16)5-6-13(10)15/h5-7,9,12,14H,2-4,8,17H2,1H3. The molecule has 1 fully saturated rings. The highest BCUT2D eigenvalue weighted by atomic mass is 35.5. The molecule has 2 rings (SSSR count). The van der Waals surface area contributed by atoms with Crippen molar-refractivity contribution in [3.63, 3.8) is 0 Å². The molecule has 0 saturated heterocycles.